The fraction of sp³-hybridized carbons (Fsp3) is 0.364. The number of aromatic amines is 1. The molecule has 108 valence electrons. The Bertz CT molecular complexity index is 730. The Kier molecular flexibility index (Phi) is 3.28. The van der Waals surface area contributed by atoms with Gasteiger partial charge in [0, 0.05) is 11.8 Å². The third kappa shape index (κ3) is 2.15. The van der Waals surface area contributed by atoms with Crippen molar-refractivity contribution in [2.24, 2.45) is 0 Å². The van der Waals surface area contributed by atoms with Gasteiger partial charge in [0.1, 0.15) is 5.56 Å². The van der Waals surface area contributed by atoms with Crippen molar-refractivity contribution in [3.63, 3.8) is 0 Å². The van der Waals surface area contributed by atoms with Crippen LogP contribution < -0.4 is 5.56 Å². The molecule has 0 atom stereocenters. The number of esters is 1. The van der Waals surface area contributed by atoms with E-state index >= 15 is 0 Å². The first-order valence-electron chi connectivity index (χ1n) is 5.62. The van der Waals surface area contributed by atoms with Crippen molar-refractivity contribution >= 4 is 11.6 Å². The highest BCUT2D eigenvalue weighted by Gasteiger charge is 2.37. The molecule has 0 bridgehead atoms. The molecule has 0 radical (unpaired) electrons. The normalized spacial score (nSPS) is 11.8. The Morgan fingerprint density at radius 2 is 2.15 bits per heavy atom. The van der Waals surface area contributed by atoms with Crippen LogP contribution in [0.5, 0.6) is 0 Å². The van der Waals surface area contributed by atoms with E-state index in [4.69, 9.17) is 4.74 Å². The van der Waals surface area contributed by atoms with Crippen LogP contribution in [0, 0.1) is 6.92 Å². The van der Waals surface area contributed by atoms with E-state index in [1.54, 1.807) is 6.92 Å². The number of halogens is 3. The molecule has 6 nitrogen and oxygen atoms in total. The van der Waals surface area contributed by atoms with E-state index < -0.39 is 34.6 Å². The lowest BCUT2D eigenvalue weighted by atomic mass is 10.2. The van der Waals surface area contributed by atoms with Crippen molar-refractivity contribution in [1.82, 2.24) is 14.6 Å². The molecule has 1 N–H and O–H groups in total. The zero-order valence-electron chi connectivity index (χ0n) is 10.5. The molecule has 0 spiro atoms. The third-order valence-corrected chi connectivity index (χ3v) is 2.65. The van der Waals surface area contributed by atoms with Crippen LogP contribution in [0.15, 0.2) is 11.0 Å². The molecule has 0 saturated carbocycles. The smallest absolute Gasteiger partial charge is 0.433 e. The standard InChI is InChI=1S/C11H10F3N3O3/c1-3-20-10(19)6-4-15-17-8(6)16-7(11(12,13)14)5(2)9(17)18/h4,15H,3H2,1-2H3. The maximum atomic E-state index is 12.8. The van der Waals surface area contributed by atoms with Gasteiger partial charge in [0.05, 0.1) is 6.61 Å². The molecule has 9 heteroatoms. The van der Waals surface area contributed by atoms with Crippen molar-refractivity contribution < 1.29 is 22.7 Å². The minimum Gasteiger partial charge on any atom is -0.462 e. The number of alkyl halides is 3. The fourth-order valence-electron chi connectivity index (χ4n) is 1.73. The summed E-state index contributed by atoms with van der Waals surface area (Å²) in [4.78, 5) is 26.8. The Morgan fingerprint density at radius 3 is 2.70 bits per heavy atom. The molecule has 0 unspecified atom stereocenters. The summed E-state index contributed by atoms with van der Waals surface area (Å²) in [6.45, 7) is 2.63. The minimum absolute atomic E-state index is 0.0540. The molecule has 0 aliphatic rings. The van der Waals surface area contributed by atoms with Gasteiger partial charge in [-0.1, -0.05) is 0 Å². The molecule has 2 aromatic heterocycles. The van der Waals surface area contributed by atoms with Crippen LogP contribution in [0.1, 0.15) is 28.5 Å². The number of ether oxygens (including phenoxy) is 1. The van der Waals surface area contributed by atoms with Crippen molar-refractivity contribution in [2.45, 2.75) is 20.0 Å². The van der Waals surface area contributed by atoms with Gasteiger partial charge in [-0.2, -0.15) is 13.2 Å². The quantitative estimate of drug-likeness (QED) is 0.850. The van der Waals surface area contributed by atoms with E-state index in [1.807, 2.05) is 0 Å². The van der Waals surface area contributed by atoms with Crippen molar-refractivity contribution in [2.75, 3.05) is 6.61 Å². The highest BCUT2D eigenvalue weighted by Crippen LogP contribution is 2.29. The summed E-state index contributed by atoms with van der Waals surface area (Å²) in [5.74, 6) is -0.852. The molecule has 2 rings (SSSR count). The van der Waals surface area contributed by atoms with Gasteiger partial charge in [-0.25, -0.2) is 14.3 Å². The Hall–Kier alpha value is -2.32. The highest BCUT2D eigenvalue weighted by molar-refractivity contribution is 5.95. The summed E-state index contributed by atoms with van der Waals surface area (Å²) in [6.07, 6.45) is -3.69. The Labute approximate surface area is 110 Å². The van der Waals surface area contributed by atoms with Gasteiger partial charge in [0.25, 0.3) is 5.56 Å². The van der Waals surface area contributed by atoms with E-state index in [9.17, 15) is 22.8 Å². The molecular weight excluding hydrogens is 279 g/mol. The lowest BCUT2D eigenvalue weighted by Crippen LogP contribution is -2.25. The van der Waals surface area contributed by atoms with E-state index in [1.165, 1.54) is 0 Å². The summed E-state index contributed by atoms with van der Waals surface area (Å²) in [6, 6.07) is 0. The molecule has 0 aromatic carbocycles. The van der Waals surface area contributed by atoms with Crippen LogP contribution in [-0.2, 0) is 10.9 Å². The maximum Gasteiger partial charge on any atom is 0.433 e. The third-order valence-electron chi connectivity index (χ3n) is 2.65. The van der Waals surface area contributed by atoms with E-state index in [2.05, 4.69) is 10.1 Å². The molecule has 20 heavy (non-hydrogen) atoms. The van der Waals surface area contributed by atoms with Crippen LogP contribution in [0.2, 0.25) is 0 Å². The van der Waals surface area contributed by atoms with Gasteiger partial charge in [-0.3, -0.25) is 9.89 Å². The summed E-state index contributed by atoms with van der Waals surface area (Å²) in [5, 5.41) is 2.39. The second kappa shape index (κ2) is 4.66. The Balaban J connectivity index is 2.76. The van der Waals surface area contributed by atoms with Gasteiger partial charge < -0.3 is 4.74 Å². The number of carbonyl (C=O) groups is 1. The number of nitrogens with one attached hydrogen (secondary N) is 1. The van der Waals surface area contributed by atoms with Gasteiger partial charge in [-0.05, 0) is 13.8 Å². The van der Waals surface area contributed by atoms with Crippen molar-refractivity contribution in [3.05, 3.63) is 33.4 Å². The zero-order chi connectivity index (χ0) is 15.1. The van der Waals surface area contributed by atoms with Gasteiger partial charge >= 0.3 is 12.1 Å². The summed E-state index contributed by atoms with van der Waals surface area (Å²) in [5.41, 5.74) is -3.42. The van der Waals surface area contributed by atoms with Gasteiger partial charge in [0.15, 0.2) is 11.3 Å². The van der Waals surface area contributed by atoms with Crippen molar-refractivity contribution in [1.29, 1.82) is 0 Å². The van der Waals surface area contributed by atoms with Gasteiger partial charge in [-0.15, -0.1) is 0 Å². The minimum atomic E-state index is -4.78. The second-order valence-corrected chi connectivity index (χ2v) is 3.95. The number of fused-ring (bicyclic) bond motifs is 1. The number of rotatable bonds is 2. The molecule has 0 saturated heterocycles. The van der Waals surface area contributed by atoms with Gasteiger partial charge in [0.2, 0.25) is 0 Å². The number of carbonyl (C=O) groups excluding carboxylic acids is 1. The number of hydrogen-bond acceptors (Lipinski definition) is 4. The van der Waals surface area contributed by atoms with Crippen LogP contribution in [0.3, 0.4) is 0 Å². The van der Waals surface area contributed by atoms with Crippen LogP contribution in [-0.4, -0.2) is 27.2 Å². The van der Waals surface area contributed by atoms with Crippen LogP contribution in [0.4, 0.5) is 13.2 Å². The first-order valence-corrected chi connectivity index (χ1v) is 5.62. The molecule has 0 aliphatic heterocycles. The van der Waals surface area contributed by atoms with Crippen LogP contribution in [0.25, 0.3) is 5.65 Å². The van der Waals surface area contributed by atoms with Crippen LogP contribution >= 0.6 is 0 Å². The molecule has 0 amide bonds. The highest BCUT2D eigenvalue weighted by atomic mass is 19.4. The van der Waals surface area contributed by atoms with E-state index in [-0.39, 0.29) is 12.2 Å². The molecule has 2 aromatic rings. The fourth-order valence-corrected chi connectivity index (χ4v) is 1.73. The number of nitrogens with zero attached hydrogens (tertiary/aromatic N) is 2. The predicted molar refractivity (Wildman–Crippen MR) is 61.5 cm³/mol. The number of aromatic nitrogens is 3. The first kappa shape index (κ1) is 14.1. The summed E-state index contributed by atoms with van der Waals surface area (Å²) >= 11 is 0. The molecule has 0 aliphatic carbocycles. The topological polar surface area (TPSA) is 76.5 Å². The molecular formula is C11H10F3N3O3. The molecule has 0 fully saturated rings. The molecule has 2 heterocycles. The summed E-state index contributed by atoms with van der Waals surface area (Å²) in [7, 11) is 0. The number of hydrogen-bond donors (Lipinski definition) is 1. The largest absolute Gasteiger partial charge is 0.462 e. The van der Waals surface area contributed by atoms with Crippen molar-refractivity contribution in [3.8, 4) is 0 Å². The zero-order valence-corrected chi connectivity index (χ0v) is 10.5. The SMILES string of the molecule is CCOC(=O)c1c[nH]n2c(=O)c(C)c(C(F)(F)F)nc12. The predicted octanol–water partition coefficient (Wildman–Crippen LogP) is 1.53. The lowest BCUT2D eigenvalue weighted by Gasteiger charge is -2.09. The lowest BCUT2D eigenvalue weighted by molar-refractivity contribution is -0.141. The first-order chi connectivity index (χ1) is 9.27. The average Bonchev–Trinajstić information content (AvgIpc) is 2.76. The Morgan fingerprint density at radius 1 is 1.50 bits per heavy atom. The second-order valence-electron chi connectivity index (χ2n) is 3.95. The summed E-state index contributed by atoms with van der Waals surface area (Å²) < 4.78 is 43.9. The number of H-pyrrole nitrogens is 1. The maximum absolute atomic E-state index is 12.8. The monoisotopic (exact) mass is 289 g/mol. The average molecular weight is 289 g/mol. The van der Waals surface area contributed by atoms with E-state index in [0.717, 1.165) is 17.6 Å². The van der Waals surface area contributed by atoms with E-state index in [0.29, 0.717) is 0 Å².